The Balaban J connectivity index is 1.95. The molecule has 0 aliphatic carbocycles. The van der Waals surface area contributed by atoms with Crippen LogP contribution in [0.1, 0.15) is 23.4 Å². The number of benzene rings is 1. The molecule has 2 aromatic rings. The van der Waals surface area contributed by atoms with Gasteiger partial charge in [-0.1, -0.05) is 12.1 Å². The van der Waals surface area contributed by atoms with Crippen molar-refractivity contribution >= 4 is 10.0 Å². The van der Waals surface area contributed by atoms with E-state index in [-0.39, 0.29) is 0 Å². The summed E-state index contributed by atoms with van der Waals surface area (Å²) in [5.74, 6) is 0.859. The molecular formula is C14H20N4O2S. The van der Waals surface area contributed by atoms with Crippen LogP contribution in [0.4, 0.5) is 0 Å². The van der Waals surface area contributed by atoms with E-state index in [2.05, 4.69) is 14.7 Å². The monoisotopic (exact) mass is 308 g/mol. The van der Waals surface area contributed by atoms with Crippen LogP contribution < -0.4 is 10.5 Å². The Kier molecular flexibility index (Phi) is 5.11. The summed E-state index contributed by atoms with van der Waals surface area (Å²) in [7, 11) is -3.48. The van der Waals surface area contributed by atoms with E-state index < -0.39 is 10.0 Å². The van der Waals surface area contributed by atoms with Crippen LogP contribution in [0.25, 0.3) is 0 Å². The van der Waals surface area contributed by atoms with E-state index in [1.807, 2.05) is 0 Å². The minimum Gasteiger partial charge on any atom is -0.349 e. The average Bonchev–Trinajstić information content (AvgIpc) is 2.96. The van der Waals surface area contributed by atoms with Crippen LogP contribution in [0.3, 0.4) is 0 Å². The van der Waals surface area contributed by atoms with Crippen molar-refractivity contribution in [3.05, 3.63) is 47.5 Å². The highest BCUT2D eigenvalue weighted by Gasteiger charge is 2.16. The predicted molar refractivity (Wildman–Crippen MR) is 81.2 cm³/mol. The Morgan fingerprint density at radius 3 is 2.81 bits per heavy atom. The Morgan fingerprint density at radius 1 is 1.38 bits per heavy atom. The van der Waals surface area contributed by atoms with Gasteiger partial charge in [0, 0.05) is 31.9 Å². The number of aryl methyl sites for hydroxylation is 2. The molecule has 1 aromatic heterocycles. The lowest BCUT2D eigenvalue weighted by molar-refractivity contribution is 0.577. The van der Waals surface area contributed by atoms with E-state index in [0.717, 1.165) is 11.4 Å². The van der Waals surface area contributed by atoms with E-state index in [1.165, 1.54) is 0 Å². The molecule has 0 unspecified atom stereocenters. The SMILES string of the molecule is Cc1cc(CN)ccc1S(=O)(=O)NCCCc1ncc[nH]1. The molecule has 0 fully saturated rings. The fourth-order valence-corrected chi connectivity index (χ4v) is 3.41. The molecule has 0 amide bonds. The first kappa shape index (κ1) is 15.7. The lowest BCUT2D eigenvalue weighted by atomic mass is 10.1. The van der Waals surface area contributed by atoms with Crippen LogP contribution in [0.2, 0.25) is 0 Å². The Bertz CT molecular complexity index is 681. The number of nitrogens with zero attached hydrogens (tertiary/aromatic N) is 1. The molecule has 0 saturated carbocycles. The molecular weight excluding hydrogens is 288 g/mol. The molecule has 114 valence electrons. The van der Waals surface area contributed by atoms with Gasteiger partial charge in [-0.05, 0) is 30.5 Å². The van der Waals surface area contributed by atoms with Gasteiger partial charge in [-0.2, -0.15) is 0 Å². The summed E-state index contributed by atoms with van der Waals surface area (Å²) >= 11 is 0. The quantitative estimate of drug-likeness (QED) is 0.666. The predicted octanol–water partition coefficient (Wildman–Crippen LogP) is 1.09. The minimum absolute atomic E-state index is 0.303. The molecule has 1 heterocycles. The zero-order chi connectivity index (χ0) is 15.3. The number of H-pyrrole nitrogens is 1. The maximum absolute atomic E-state index is 12.2. The van der Waals surface area contributed by atoms with Crippen LogP contribution in [-0.2, 0) is 23.0 Å². The third-order valence-electron chi connectivity index (χ3n) is 3.20. The molecule has 4 N–H and O–H groups in total. The summed E-state index contributed by atoms with van der Waals surface area (Å²) in [6.07, 6.45) is 4.83. The lowest BCUT2D eigenvalue weighted by Crippen LogP contribution is -2.26. The topological polar surface area (TPSA) is 101 Å². The van der Waals surface area contributed by atoms with Gasteiger partial charge in [0.1, 0.15) is 5.82 Å². The first-order valence-corrected chi connectivity index (χ1v) is 8.29. The maximum atomic E-state index is 12.2. The molecule has 0 radical (unpaired) electrons. The normalized spacial score (nSPS) is 11.7. The highest BCUT2D eigenvalue weighted by Crippen LogP contribution is 2.16. The number of aromatic amines is 1. The van der Waals surface area contributed by atoms with Crippen LogP contribution >= 0.6 is 0 Å². The highest BCUT2D eigenvalue weighted by atomic mass is 32.2. The van der Waals surface area contributed by atoms with Gasteiger partial charge in [0.15, 0.2) is 0 Å². The molecule has 0 spiro atoms. The van der Waals surface area contributed by atoms with Gasteiger partial charge in [-0.3, -0.25) is 0 Å². The smallest absolute Gasteiger partial charge is 0.240 e. The van der Waals surface area contributed by atoms with Crippen molar-refractivity contribution < 1.29 is 8.42 Å². The first-order valence-electron chi connectivity index (χ1n) is 6.80. The summed E-state index contributed by atoms with van der Waals surface area (Å²) in [6, 6.07) is 5.15. The number of sulfonamides is 1. The van der Waals surface area contributed by atoms with Crippen molar-refractivity contribution in [1.82, 2.24) is 14.7 Å². The van der Waals surface area contributed by atoms with E-state index >= 15 is 0 Å². The van der Waals surface area contributed by atoms with Gasteiger partial charge < -0.3 is 10.7 Å². The summed E-state index contributed by atoms with van der Waals surface area (Å²) in [4.78, 5) is 7.39. The van der Waals surface area contributed by atoms with Gasteiger partial charge >= 0.3 is 0 Å². The molecule has 0 aliphatic rings. The highest BCUT2D eigenvalue weighted by molar-refractivity contribution is 7.89. The van der Waals surface area contributed by atoms with Gasteiger partial charge in [0.05, 0.1) is 4.90 Å². The van der Waals surface area contributed by atoms with E-state index in [9.17, 15) is 8.42 Å². The Morgan fingerprint density at radius 2 is 2.19 bits per heavy atom. The van der Waals surface area contributed by atoms with Crippen LogP contribution in [-0.4, -0.2) is 24.9 Å². The standard InChI is InChI=1S/C14H20N4O2S/c1-11-9-12(10-15)4-5-13(11)21(19,20)18-6-2-3-14-16-7-8-17-14/h4-5,7-9,18H,2-3,6,10,15H2,1H3,(H,16,17). The van der Waals surface area contributed by atoms with Crippen molar-refractivity contribution in [3.8, 4) is 0 Å². The number of hydrogen-bond donors (Lipinski definition) is 3. The maximum Gasteiger partial charge on any atom is 0.240 e. The van der Waals surface area contributed by atoms with Crippen LogP contribution in [0.15, 0.2) is 35.5 Å². The second kappa shape index (κ2) is 6.84. The fraction of sp³-hybridized carbons (Fsp3) is 0.357. The molecule has 0 bridgehead atoms. The number of aromatic nitrogens is 2. The van der Waals surface area contributed by atoms with Crippen molar-refractivity contribution in [2.75, 3.05) is 6.54 Å². The average molecular weight is 308 g/mol. The summed E-state index contributed by atoms with van der Waals surface area (Å²) in [5, 5.41) is 0. The second-order valence-electron chi connectivity index (χ2n) is 4.84. The van der Waals surface area contributed by atoms with E-state index in [1.54, 1.807) is 37.5 Å². The largest absolute Gasteiger partial charge is 0.349 e. The molecule has 7 heteroatoms. The van der Waals surface area contributed by atoms with Gasteiger partial charge in [0.2, 0.25) is 10.0 Å². The van der Waals surface area contributed by atoms with Crippen molar-refractivity contribution in [2.45, 2.75) is 31.2 Å². The number of nitrogens with two attached hydrogens (primary N) is 1. The molecule has 1 aromatic carbocycles. The van der Waals surface area contributed by atoms with Gasteiger partial charge in [-0.25, -0.2) is 18.1 Å². The molecule has 2 rings (SSSR count). The zero-order valence-electron chi connectivity index (χ0n) is 12.0. The minimum atomic E-state index is -3.48. The van der Waals surface area contributed by atoms with Crippen LogP contribution in [0, 0.1) is 6.92 Å². The summed E-state index contributed by atoms with van der Waals surface area (Å²) < 4.78 is 27.1. The number of hydrogen-bond acceptors (Lipinski definition) is 4. The van der Waals surface area contributed by atoms with Crippen molar-refractivity contribution in [2.24, 2.45) is 5.73 Å². The first-order chi connectivity index (χ1) is 10.0. The second-order valence-corrected chi connectivity index (χ2v) is 6.58. The third kappa shape index (κ3) is 4.13. The van der Waals surface area contributed by atoms with Crippen LogP contribution in [0.5, 0.6) is 0 Å². The zero-order valence-corrected chi connectivity index (χ0v) is 12.8. The van der Waals surface area contributed by atoms with E-state index in [4.69, 9.17) is 5.73 Å². The number of rotatable bonds is 7. The molecule has 6 nitrogen and oxygen atoms in total. The molecule has 0 atom stereocenters. The molecule has 0 saturated heterocycles. The fourth-order valence-electron chi connectivity index (χ4n) is 2.11. The molecule has 0 aliphatic heterocycles. The Labute approximate surface area is 124 Å². The van der Waals surface area contributed by atoms with Crippen molar-refractivity contribution in [1.29, 1.82) is 0 Å². The number of nitrogens with one attached hydrogen (secondary N) is 2. The lowest BCUT2D eigenvalue weighted by Gasteiger charge is -2.10. The third-order valence-corrected chi connectivity index (χ3v) is 4.82. The summed E-state index contributed by atoms with van der Waals surface area (Å²) in [6.45, 7) is 2.55. The Hall–Kier alpha value is -1.70. The number of imidazole rings is 1. The summed E-state index contributed by atoms with van der Waals surface area (Å²) in [5.41, 5.74) is 7.17. The van der Waals surface area contributed by atoms with Gasteiger partial charge in [-0.15, -0.1) is 0 Å². The van der Waals surface area contributed by atoms with Gasteiger partial charge in [0.25, 0.3) is 0 Å². The van der Waals surface area contributed by atoms with E-state index in [0.29, 0.717) is 36.4 Å². The molecule has 21 heavy (non-hydrogen) atoms. The van der Waals surface area contributed by atoms with Crippen molar-refractivity contribution in [3.63, 3.8) is 0 Å².